The van der Waals surface area contributed by atoms with Crippen molar-refractivity contribution < 1.29 is 8.42 Å². The molecule has 0 N–H and O–H groups in total. The minimum Gasteiger partial charge on any atom is -0.368 e. The molecule has 0 unspecified atom stereocenters. The number of pyridine rings is 1. The van der Waals surface area contributed by atoms with Crippen molar-refractivity contribution in [3.05, 3.63) is 34.4 Å². The Balaban J connectivity index is 1.61. The van der Waals surface area contributed by atoms with Gasteiger partial charge in [0.25, 0.3) is 0 Å². The lowest BCUT2D eigenvalue weighted by Gasteiger charge is -2.35. The molecule has 142 valence electrons. The van der Waals surface area contributed by atoms with Crippen molar-refractivity contribution in [3.63, 3.8) is 0 Å². The van der Waals surface area contributed by atoms with Crippen LogP contribution in [-0.4, -0.2) is 54.2 Å². The number of sulfone groups is 1. The fraction of sp³-hybridized carbons (Fsp3) is 0.556. The monoisotopic (exact) mass is 394 g/mol. The van der Waals surface area contributed by atoms with Crippen LogP contribution < -0.4 is 4.90 Å². The van der Waals surface area contributed by atoms with Crippen LogP contribution in [0.3, 0.4) is 0 Å². The Morgan fingerprint density at radius 1 is 1.15 bits per heavy atom. The van der Waals surface area contributed by atoms with Gasteiger partial charge in [0.1, 0.15) is 0 Å². The lowest BCUT2D eigenvalue weighted by Crippen LogP contribution is -2.46. The molecule has 1 aliphatic rings. The molecule has 0 atom stereocenters. The molecule has 0 aromatic carbocycles. The molecular formula is C18H26N4O2S2. The summed E-state index contributed by atoms with van der Waals surface area (Å²) in [5.74, 6) is 0. The highest BCUT2D eigenvalue weighted by Gasteiger charge is 2.32. The van der Waals surface area contributed by atoms with Crippen molar-refractivity contribution in [2.24, 2.45) is 0 Å². The van der Waals surface area contributed by atoms with Crippen LogP contribution in [0.25, 0.3) is 0 Å². The number of thiazole rings is 1. The van der Waals surface area contributed by atoms with Crippen molar-refractivity contribution in [1.82, 2.24) is 14.9 Å². The van der Waals surface area contributed by atoms with Gasteiger partial charge in [0, 0.05) is 38.1 Å². The Bertz CT molecular complexity index is 846. The number of nitrogens with zero attached hydrogens (tertiary/aromatic N) is 4. The Hall–Kier alpha value is -1.51. The number of aryl methyl sites for hydroxylation is 1. The predicted octanol–water partition coefficient (Wildman–Crippen LogP) is 2.74. The minimum atomic E-state index is -3.41. The third kappa shape index (κ3) is 4.07. The lowest BCUT2D eigenvalue weighted by atomic mass is 10.2. The van der Waals surface area contributed by atoms with Gasteiger partial charge in [-0.15, -0.1) is 11.3 Å². The van der Waals surface area contributed by atoms with Crippen LogP contribution in [0.4, 0.5) is 5.69 Å². The Labute approximate surface area is 159 Å². The smallest absolute Gasteiger partial charge is 0.200 e. The number of rotatable bonds is 4. The largest absolute Gasteiger partial charge is 0.368 e. The minimum absolute atomic E-state index is 0.145. The molecule has 1 aliphatic heterocycles. The molecule has 2 aromatic rings. The van der Waals surface area contributed by atoms with Gasteiger partial charge in [-0.25, -0.2) is 18.4 Å². The van der Waals surface area contributed by atoms with Gasteiger partial charge in [-0.05, 0) is 39.8 Å². The van der Waals surface area contributed by atoms with Crippen LogP contribution in [0.15, 0.2) is 28.7 Å². The third-order valence-electron chi connectivity index (χ3n) is 4.59. The number of piperazine rings is 1. The van der Waals surface area contributed by atoms with E-state index in [9.17, 15) is 8.42 Å². The van der Waals surface area contributed by atoms with Gasteiger partial charge < -0.3 is 4.90 Å². The summed E-state index contributed by atoms with van der Waals surface area (Å²) < 4.78 is 24.1. The molecule has 2 aromatic heterocycles. The first kappa shape index (κ1) is 19.3. The van der Waals surface area contributed by atoms with Gasteiger partial charge in [-0.1, -0.05) is 0 Å². The van der Waals surface area contributed by atoms with E-state index in [1.165, 1.54) is 0 Å². The quantitative estimate of drug-likeness (QED) is 0.794. The van der Waals surface area contributed by atoms with Crippen molar-refractivity contribution in [1.29, 1.82) is 0 Å². The highest BCUT2D eigenvalue weighted by Crippen LogP contribution is 2.25. The Morgan fingerprint density at radius 2 is 1.85 bits per heavy atom. The first-order chi connectivity index (χ1) is 12.2. The van der Waals surface area contributed by atoms with Crippen molar-refractivity contribution in [3.8, 4) is 0 Å². The summed E-state index contributed by atoms with van der Waals surface area (Å²) in [5, 5.41) is 3.38. The van der Waals surface area contributed by atoms with E-state index in [4.69, 9.17) is 0 Å². The van der Waals surface area contributed by atoms with Gasteiger partial charge in [-0.3, -0.25) is 4.90 Å². The fourth-order valence-electron chi connectivity index (χ4n) is 2.91. The summed E-state index contributed by atoms with van der Waals surface area (Å²) >= 11 is 1.69. The first-order valence-corrected chi connectivity index (χ1v) is 11.1. The number of aromatic nitrogens is 2. The van der Waals surface area contributed by atoms with Gasteiger partial charge in [0.2, 0.25) is 0 Å². The normalized spacial score (nSPS) is 16.8. The van der Waals surface area contributed by atoms with Crippen LogP contribution in [0.1, 0.15) is 31.5 Å². The van der Waals surface area contributed by atoms with Gasteiger partial charge >= 0.3 is 0 Å². The van der Waals surface area contributed by atoms with Gasteiger partial charge in [0.15, 0.2) is 14.9 Å². The van der Waals surface area contributed by atoms with E-state index in [1.54, 1.807) is 44.4 Å². The standard InChI is InChI=1S/C18H26N4O2S2/c1-14-20-15(13-25-14)12-21-7-9-22(10-8-21)16-5-6-17(19-11-16)26(23,24)18(2,3)4/h5-6,11,13H,7-10,12H2,1-4H3. The van der Waals surface area contributed by atoms with Crippen LogP contribution in [-0.2, 0) is 16.4 Å². The molecule has 26 heavy (non-hydrogen) atoms. The third-order valence-corrected chi connectivity index (χ3v) is 7.82. The van der Waals surface area contributed by atoms with Crippen LogP contribution in [0.2, 0.25) is 0 Å². The zero-order valence-electron chi connectivity index (χ0n) is 15.8. The summed E-state index contributed by atoms with van der Waals surface area (Å²) in [6.45, 7) is 11.7. The topological polar surface area (TPSA) is 66.4 Å². The zero-order valence-corrected chi connectivity index (χ0v) is 17.4. The second-order valence-corrected chi connectivity index (χ2v) is 11.3. The van der Waals surface area contributed by atoms with Gasteiger partial charge in [-0.2, -0.15) is 0 Å². The van der Waals surface area contributed by atoms with E-state index in [1.807, 2.05) is 13.0 Å². The van der Waals surface area contributed by atoms with E-state index in [0.29, 0.717) is 0 Å². The molecule has 8 heteroatoms. The molecule has 1 fully saturated rings. The first-order valence-electron chi connectivity index (χ1n) is 8.76. The number of anilines is 1. The summed E-state index contributed by atoms with van der Waals surface area (Å²) in [7, 11) is -3.41. The maximum absolute atomic E-state index is 12.5. The molecule has 0 bridgehead atoms. The summed E-state index contributed by atoms with van der Waals surface area (Å²) in [6, 6.07) is 3.49. The fourth-order valence-corrected chi connectivity index (χ4v) is 4.58. The molecule has 0 radical (unpaired) electrons. The number of hydrogen-bond acceptors (Lipinski definition) is 7. The molecular weight excluding hydrogens is 368 g/mol. The SMILES string of the molecule is Cc1nc(CN2CCN(c3ccc(S(=O)(=O)C(C)(C)C)nc3)CC2)cs1. The van der Waals surface area contributed by atoms with E-state index in [-0.39, 0.29) is 5.03 Å². The molecule has 0 amide bonds. The number of hydrogen-bond donors (Lipinski definition) is 0. The molecule has 6 nitrogen and oxygen atoms in total. The molecule has 0 aliphatic carbocycles. The predicted molar refractivity (Wildman–Crippen MR) is 106 cm³/mol. The lowest BCUT2D eigenvalue weighted by molar-refractivity contribution is 0.247. The van der Waals surface area contributed by atoms with E-state index in [0.717, 1.165) is 49.1 Å². The second-order valence-electron chi connectivity index (χ2n) is 7.59. The highest BCUT2D eigenvalue weighted by atomic mass is 32.2. The average molecular weight is 395 g/mol. The maximum atomic E-state index is 12.5. The molecule has 0 spiro atoms. The Morgan fingerprint density at radius 3 is 2.35 bits per heavy atom. The van der Waals surface area contributed by atoms with Crippen LogP contribution in [0.5, 0.6) is 0 Å². The summed E-state index contributed by atoms with van der Waals surface area (Å²) in [5.41, 5.74) is 2.11. The van der Waals surface area contributed by atoms with Crippen LogP contribution >= 0.6 is 11.3 Å². The second kappa shape index (κ2) is 7.25. The van der Waals surface area contributed by atoms with Crippen molar-refractivity contribution >= 4 is 26.9 Å². The maximum Gasteiger partial charge on any atom is 0.200 e. The van der Waals surface area contributed by atoms with Crippen molar-refractivity contribution in [2.75, 3.05) is 31.1 Å². The zero-order chi connectivity index (χ0) is 18.9. The molecule has 3 heterocycles. The van der Waals surface area contributed by atoms with Gasteiger partial charge in [0.05, 0.1) is 27.3 Å². The Kier molecular flexibility index (Phi) is 5.37. The van der Waals surface area contributed by atoms with E-state index in [2.05, 4.69) is 25.1 Å². The van der Waals surface area contributed by atoms with E-state index < -0.39 is 14.6 Å². The average Bonchev–Trinajstić information content (AvgIpc) is 2.99. The molecule has 1 saturated heterocycles. The summed E-state index contributed by atoms with van der Waals surface area (Å²) in [6.07, 6.45) is 1.68. The molecule has 3 rings (SSSR count). The van der Waals surface area contributed by atoms with E-state index >= 15 is 0 Å². The van der Waals surface area contributed by atoms with Crippen LogP contribution in [0, 0.1) is 6.92 Å². The summed E-state index contributed by atoms with van der Waals surface area (Å²) in [4.78, 5) is 13.4. The highest BCUT2D eigenvalue weighted by molar-refractivity contribution is 7.92. The molecule has 0 saturated carbocycles. The van der Waals surface area contributed by atoms with Crippen molar-refractivity contribution in [2.45, 2.75) is 44.0 Å².